The SMILES string of the molecule is CC1(C2=CNC=CS2)CCCCCCCC1. The van der Waals surface area contributed by atoms with Gasteiger partial charge in [0, 0.05) is 22.7 Å². The summed E-state index contributed by atoms with van der Waals surface area (Å²) < 4.78 is 0. The summed E-state index contributed by atoms with van der Waals surface area (Å²) in [5, 5.41) is 5.42. The number of thioether (sulfide) groups is 1. The van der Waals surface area contributed by atoms with Crippen molar-refractivity contribution in [1.82, 2.24) is 5.32 Å². The van der Waals surface area contributed by atoms with Crippen LogP contribution in [0.3, 0.4) is 0 Å². The summed E-state index contributed by atoms with van der Waals surface area (Å²) in [5.74, 6) is 0. The van der Waals surface area contributed by atoms with E-state index in [0.717, 1.165) is 0 Å². The summed E-state index contributed by atoms with van der Waals surface area (Å²) in [6, 6.07) is 0. The molecule has 1 saturated carbocycles. The van der Waals surface area contributed by atoms with Crippen molar-refractivity contribution in [2.24, 2.45) is 5.41 Å². The monoisotopic (exact) mass is 237 g/mol. The van der Waals surface area contributed by atoms with Gasteiger partial charge in [0.15, 0.2) is 0 Å². The van der Waals surface area contributed by atoms with Gasteiger partial charge in [0.1, 0.15) is 0 Å². The number of nitrogens with one attached hydrogen (secondary N) is 1. The van der Waals surface area contributed by atoms with Gasteiger partial charge in [-0.15, -0.1) is 0 Å². The van der Waals surface area contributed by atoms with Gasteiger partial charge < -0.3 is 5.32 Å². The van der Waals surface area contributed by atoms with Crippen molar-refractivity contribution in [3.8, 4) is 0 Å². The van der Waals surface area contributed by atoms with E-state index in [1.165, 1.54) is 56.3 Å². The minimum atomic E-state index is 0.423. The first-order chi connectivity index (χ1) is 7.81. The fraction of sp³-hybridized carbons (Fsp3) is 0.714. The van der Waals surface area contributed by atoms with Gasteiger partial charge in [-0.1, -0.05) is 57.2 Å². The lowest BCUT2D eigenvalue weighted by Gasteiger charge is -2.32. The highest BCUT2D eigenvalue weighted by molar-refractivity contribution is 8.05. The van der Waals surface area contributed by atoms with Gasteiger partial charge in [0.25, 0.3) is 0 Å². The van der Waals surface area contributed by atoms with Crippen molar-refractivity contribution >= 4 is 11.8 Å². The molecule has 1 nitrogen and oxygen atoms in total. The Kier molecular flexibility index (Phi) is 4.39. The quantitative estimate of drug-likeness (QED) is 0.704. The summed E-state index contributed by atoms with van der Waals surface area (Å²) in [7, 11) is 0. The third-order valence-corrected chi connectivity index (χ3v) is 5.01. The first kappa shape index (κ1) is 12.1. The molecule has 0 aromatic carbocycles. The van der Waals surface area contributed by atoms with Crippen molar-refractivity contribution in [2.75, 3.05) is 0 Å². The lowest BCUT2D eigenvalue weighted by atomic mass is 9.80. The maximum atomic E-state index is 3.25. The third kappa shape index (κ3) is 3.07. The van der Waals surface area contributed by atoms with Crippen LogP contribution in [-0.2, 0) is 0 Å². The highest BCUT2D eigenvalue weighted by Gasteiger charge is 2.29. The molecule has 90 valence electrons. The normalized spacial score (nSPS) is 25.9. The fourth-order valence-corrected chi connectivity index (χ4v) is 3.65. The molecule has 0 aromatic rings. The summed E-state index contributed by atoms with van der Waals surface area (Å²) in [6.45, 7) is 2.46. The molecule has 2 heteroatoms. The first-order valence-electron chi connectivity index (χ1n) is 6.60. The van der Waals surface area contributed by atoms with Crippen molar-refractivity contribution in [3.63, 3.8) is 0 Å². The molecular formula is C14H23NS. The fourth-order valence-electron chi connectivity index (χ4n) is 2.73. The largest absolute Gasteiger partial charge is 0.366 e. The first-order valence-corrected chi connectivity index (χ1v) is 7.48. The van der Waals surface area contributed by atoms with Gasteiger partial charge in [0.05, 0.1) is 0 Å². The molecule has 2 rings (SSSR count). The topological polar surface area (TPSA) is 12.0 Å². The van der Waals surface area contributed by atoms with E-state index in [4.69, 9.17) is 0 Å². The van der Waals surface area contributed by atoms with E-state index in [1.807, 2.05) is 18.0 Å². The zero-order valence-electron chi connectivity index (χ0n) is 10.3. The standard InChI is InChI=1S/C14H23NS/c1-14(13-12-15-10-11-16-13)8-6-4-2-3-5-7-9-14/h10-12,15H,2-9H2,1H3. The van der Waals surface area contributed by atoms with E-state index in [1.54, 1.807) is 0 Å². The molecular weight excluding hydrogens is 214 g/mol. The summed E-state index contributed by atoms with van der Waals surface area (Å²) in [5.41, 5.74) is 0.423. The van der Waals surface area contributed by atoms with Crippen LogP contribution in [0.1, 0.15) is 58.3 Å². The Bertz CT molecular complexity index is 270. The maximum Gasteiger partial charge on any atom is 0.0111 e. The van der Waals surface area contributed by atoms with Crippen LogP contribution in [0.25, 0.3) is 0 Å². The molecule has 16 heavy (non-hydrogen) atoms. The molecule has 0 aromatic heterocycles. The van der Waals surface area contributed by atoms with Crippen LogP contribution in [0.2, 0.25) is 0 Å². The Morgan fingerprint density at radius 1 is 1.06 bits per heavy atom. The maximum absolute atomic E-state index is 3.25. The Balaban J connectivity index is 2.03. The second kappa shape index (κ2) is 5.81. The molecule has 0 bridgehead atoms. The number of hydrogen-bond donors (Lipinski definition) is 1. The second-order valence-corrected chi connectivity index (χ2v) is 6.23. The van der Waals surface area contributed by atoms with Gasteiger partial charge >= 0.3 is 0 Å². The number of allylic oxidation sites excluding steroid dienone is 1. The van der Waals surface area contributed by atoms with Crippen molar-refractivity contribution < 1.29 is 0 Å². The van der Waals surface area contributed by atoms with Crippen LogP contribution in [0, 0.1) is 5.41 Å². The van der Waals surface area contributed by atoms with Gasteiger partial charge in [-0.2, -0.15) is 0 Å². The van der Waals surface area contributed by atoms with Crippen LogP contribution in [0.15, 0.2) is 22.7 Å². The van der Waals surface area contributed by atoms with Crippen molar-refractivity contribution in [1.29, 1.82) is 0 Å². The van der Waals surface area contributed by atoms with E-state index in [0.29, 0.717) is 5.41 Å². The third-order valence-electron chi connectivity index (χ3n) is 3.88. The van der Waals surface area contributed by atoms with Crippen LogP contribution >= 0.6 is 11.8 Å². The van der Waals surface area contributed by atoms with E-state index in [-0.39, 0.29) is 0 Å². The lowest BCUT2D eigenvalue weighted by Crippen LogP contribution is -2.20. The van der Waals surface area contributed by atoms with Crippen LogP contribution in [0.5, 0.6) is 0 Å². The van der Waals surface area contributed by atoms with Crippen molar-refractivity contribution in [2.45, 2.75) is 58.3 Å². The number of rotatable bonds is 1. The molecule has 0 amide bonds. The molecule has 2 aliphatic rings. The van der Waals surface area contributed by atoms with E-state index in [9.17, 15) is 0 Å². The zero-order valence-corrected chi connectivity index (χ0v) is 11.1. The minimum absolute atomic E-state index is 0.423. The van der Waals surface area contributed by atoms with E-state index >= 15 is 0 Å². The average molecular weight is 237 g/mol. The van der Waals surface area contributed by atoms with Gasteiger partial charge in [0.2, 0.25) is 0 Å². The average Bonchev–Trinajstić information content (AvgIpc) is 2.43. The molecule has 0 atom stereocenters. The summed E-state index contributed by atoms with van der Waals surface area (Å²) >= 11 is 1.91. The second-order valence-electron chi connectivity index (χ2n) is 5.28. The predicted molar refractivity (Wildman–Crippen MR) is 73.0 cm³/mol. The van der Waals surface area contributed by atoms with Crippen LogP contribution < -0.4 is 5.32 Å². The molecule has 1 aliphatic carbocycles. The highest BCUT2D eigenvalue weighted by atomic mass is 32.2. The molecule has 1 aliphatic heterocycles. The van der Waals surface area contributed by atoms with E-state index in [2.05, 4.69) is 23.8 Å². The highest BCUT2D eigenvalue weighted by Crippen LogP contribution is 2.45. The predicted octanol–water partition coefficient (Wildman–Crippen LogP) is 4.78. The number of hydrogen-bond acceptors (Lipinski definition) is 2. The Hall–Kier alpha value is -0.370. The van der Waals surface area contributed by atoms with Gasteiger partial charge in [-0.25, -0.2) is 0 Å². The molecule has 1 N–H and O–H groups in total. The smallest absolute Gasteiger partial charge is 0.0111 e. The molecule has 0 spiro atoms. The Labute approximate surface area is 104 Å². The lowest BCUT2D eigenvalue weighted by molar-refractivity contribution is 0.335. The van der Waals surface area contributed by atoms with Gasteiger partial charge in [-0.3, -0.25) is 0 Å². The zero-order chi connectivity index (χ0) is 11.3. The van der Waals surface area contributed by atoms with E-state index < -0.39 is 0 Å². The van der Waals surface area contributed by atoms with Crippen molar-refractivity contribution in [3.05, 3.63) is 22.7 Å². The summed E-state index contributed by atoms with van der Waals surface area (Å²) in [6.07, 6.45) is 15.5. The molecule has 0 unspecified atom stereocenters. The Morgan fingerprint density at radius 2 is 1.69 bits per heavy atom. The molecule has 1 heterocycles. The minimum Gasteiger partial charge on any atom is -0.366 e. The van der Waals surface area contributed by atoms with Crippen LogP contribution in [-0.4, -0.2) is 0 Å². The molecule has 0 saturated heterocycles. The molecule has 0 radical (unpaired) electrons. The van der Waals surface area contributed by atoms with Crippen LogP contribution in [0.4, 0.5) is 0 Å². The summed E-state index contributed by atoms with van der Waals surface area (Å²) in [4.78, 5) is 1.54. The Morgan fingerprint density at radius 3 is 2.25 bits per heavy atom. The van der Waals surface area contributed by atoms with Gasteiger partial charge in [-0.05, 0) is 18.2 Å². The molecule has 1 fully saturated rings.